The summed E-state index contributed by atoms with van der Waals surface area (Å²) in [6.45, 7) is 4.52. The van der Waals surface area contributed by atoms with Crippen molar-refractivity contribution in [3.05, 3.63) is 54.6 Å². The molecule has 4 rings (SSSR count). The van der Waals surface area contributed by atoms with Gasteiger partial charge in [-0.05, 0) is 43.4 Å². The molecule has 34 heavy (non-hydrogen) atoms. The number of hydrogen-bond acceptors (Lipinski definition) is 6. The molecular weight excluding hydrogens is 434 g/mol. The highest BCUT2D eigenvalue weighted by Gasteiger charge is 2.35. The maximum absolute atomic E-state index is 13.0. The molecule has 2 aliphatic heterocycles. The molecule has 3 amide bonds. The molecule has 2 fully saturated rings. The van der Waals surface area contributed by atoms with Crippen molar-refractivity contribution in [2.75, 3.05) is 58.2 Å². The third-order valence-corrected chi connectivity index (χ3v) is 6.10. The van der Waals surface area contributed by atoms with Gasteiger partial charge in [-0.2, -0.15) is 0 Å². The number of ether oxygens (including phenoxy) is 1. The van der Waals surface area contributed by atoms with Crippen LogP contribution in [0.25, 0.3) is 0 Å². The lowest BCUT2D eigenvalue weighted by Gasteiger charge is -2.37. The Hall–Kier alpha value is -3.43. The first-order valence-corrected chi connectivity index (χ1v) is 11.6. The molecule has 0 spiro atoms. The van der Waals surface area contributed by atoms with Gasteiger partial charge in [0.1, 0.15) is 17.5 Å². The first-order chi connectivity index (χ1) is 16.5. The second kappa shape index (κ2) is 11.1. The highest BCUT2D eigenvalue weighted by Crippen LogP contribution is 2.23. The summed E-state index contributed by atoms with van der Waals surface area (Å²) < 4.78 is 5.77. The average molecular weight is 466 g/mol. The molecule has 2 aromatic rings. The van der Waals surface area contributed by atoms with E-state index in [1.54, 1.807) is 29.2 Å². The second-order valence-corrected chi connectivity index (χ2v) is 8.67. The van der Waals surface area contributed by atoms with E-state index in [0.29, 0.717) is 24.5 Å². The van der Waals surface area contributed by atoms with Crippen molar-refractivity contribution in [2.45, 2.75) is 12.5 Å². The van der Waals surface area contributed by atoms with Gasteiger partial charge in [-0.1, -0.05) is 18.2 Å². The number of amides is 3. The van der Waals surface area contributed by atoms with Crippen LogP contribution in [0.5, 0.6) is 11.5 Å². The third-order valence-electron chi connectivity index (χ3n) is 6.10. The normalized spacial score (nSPS) is 19.4. The lowest BCUT2D eigenvalue weighted by Crippen LogP contribution is -2.60. The van der Waals surface area contributed by atoms with Crippen LogP contribution in [0.3, 0.4) is 0 Å². The number of benzene rings is 2. The topological polar surface area (TPSA) is 94.2 Å². The van der Waals surface area contributed by atoms with Crippen LogP contribution in [0.1, 0.15) is 6.42 Å². The van der Waals surface area contributed by atoms with Crippen molar-refractivity contribution in [1.29, 1.82) is 0 Å². The van der Waals surface area contributed by atoms with Crippen LogP contribution in [0.4, 0.5) is 5.69 Å². The first kappa shape index (κ1) is 23.7. The van der Waals surface area contributed by atoms with E-state index >= 15 is 0 Å². The number of likely N-dealkylation sites (N-methyl/N-ethyl adjacent to an activating group) is 1. The molecule has 0 aliphatic carbocycles. The first-order valence-electron chi connectivity index (χ1n) is 11.6. The average Bonchev–Trinajstić information content (AvgIpc) is 2.84. The molecule has 2 aromatic carbocycles. The lowest BCUT2D eigenvalue weighted by molar-refractivity contribution is -0.145. The molecule has 2 saturated heterocycles. The monoisotopic (exact) mass is 465 g/mol. The van der Waals surface area contributed by atoms with Gasteiger partial charge in [0.25, 0.3) is 0 Å². The van der Waals surface area contributed by atoms with E-state index in [-0.39, 0.29) is 30.7 Å². The zero-order valence-corrected chi connectivity index (χ0v) is 19.4. The Morgan fingerprint density at radius 1 is 0.971 bits per heavy atom. The highest BCUT2D eigenvalue weighted by molar-refractivity contribution is 5.97. The summed E-state index contributed by atoms with van der Waals surface area (Å²) in [7, 11) is 2.06. The predicted molar refractivity (Wildman–Crippen MR) is 129 cm³/mol. The molecule has 9 nitrogen and oxygen atoms in total. The van der Waals surface area contributed by atoms with Gasteiger partial charge in [-0.25, -0.2) is 0 Å². The number of para-hydroxylation sites is 1. The molecule has 180 valence electrons. The Kier molecular flexibility index (Phi) is 7.76. The summed E-state index contributed by atoms with van der Waals surface area (Å²) in [6.07, 6.45) is -0.0947. The Bertz CT molecular complexity index is 990. The van der Waals surface area contributed by atoms with E-state index in [1.165, 1.54) is 0 Å². The number of carbonyl (C=O) groups excluding carboxylic acids is 3. The van der Waals surface area contributed by atoms with Gasteiger partial charge in [-0.15, -0.1) is 0 Å². The van der Waals surface area contributed by atoms with Gasteiger partial charge in [0.2, 0.25) is 17.7 Å². The number of nitrogens with zero attached hydrogens (tertiary/aromatic N) is 3. The zero-order valence-electron chi connectivity index (χ0n) is 19.4. The minimum Gasteiger partial charge on any atom is -0.457 e. The molecule has 2 aliphatic rings. The molecule has 2 heterocycles. The van der Waals surface area contributed by atoms with Crippen LogP contribution in [0, 0.1) is 0 Å². The minimum absolute atomic E-state index is 0.0947. The van der Waals surface area contributed by atoms with E-state index in [1.807, 2.05) is 30.3 Å². The molecule has 0 radical (unpaired) electrons. The molecule has 2 N–H and O–H groups in total. The molecule has 0 saturated carbocycles. The minimum atomic E-state index is -0.811. The number of nitrogens with one attached hydrogen (secondary N) is 2. The predicted octanol–water partition coefficient (Wildman–Crippen LogP) is 1.38. The molecule has 1 atom stereocenters. The molecule has 0 aromatic heterocycles. The molecule has 9 heteroatoms. The van der Waals surface area contributed by atoms with Crippen molar-refractivity contribution < 1.29 is 19.1 Å². The summed E-state index contributed by atoms with van der Waals surface area (Å²) in [5, 5.41) is 5.59. The van der Waals surface area contributed by atoms with E-state index in [2.05, 4.69) is 27.5 Å². The number of piperazine rings is 2. The SMILES string of the molecule is CN1CCN(CC(=O)N2CCNC(=O)[C@H]2CC(=O)Nc2ccc(Oc3ccccc3)cc2)CC1. The van der Waals surface area contributed by atoms with Crippen LogP contribution < -0.4 is 15.4 Å². The summed E-state index contributed by atoms with van der Waals surface area (Å²) in [5.74, 6) is 0.649. The fourth-order valence-corrected chi connectivity index (χ4v) is 4.12. The molecule has 0 unspecified atom stereocenters. The van der Waals surface area contributed by atoms with Gasteiger partial charge < -0.3 is 25.2 Å². The quantitative estimate of drug-likeness (QED) is 0.642. The van der Waals surface area contributed by atoms with Crippen LogP contribution in [-0.4, -0.2) is 91.3 Å². The summed E-state index contributed by atoms with van der Waals surface area (Å²) in [5.41, 5.74) is 0.594. The fourth-order valence-electron chi connectivity index (χ4n) is 4.12. The lowest BCUT2D eigenvalue weighted by atomic mass is 10.1. The Balaban J connectivity index is 1.32. The van der Waals surface area contributed by atoms with Crippen molar-refractivity contribution >= 4 is 23.4 Å². The van der Waals surface area contributed by atoms with Crippen LogP contribution in [-0.2, 0) is 14.4 Å². The molecular formula is C25H31N5O4. The summed E-state index contributed by atoms with van der Waals surface area (Å²) >= 11 is 0. The Labute approximate surface area is 199 Å². The highest BCUT2D eigenvalue weighted by atomic mass is 16.5. The second-order valence-electron chi connectivity index (χ2n) is 8.67. The maximum Gasteiger partial charge on any atom is 0.243 e. The van der Waals surface area contributed by atoms with E-state index in [4.69, 9.17) is 4.74 Å². The van der Waals surface area contributed by atoms with Gasteiger partial charge >= 0.3 is 0 Å². The van der Waals surface area contributed by atoms with Gasteiger partial charge in [0.15, 0.2) is 0 Å². The summed E-state index contributed by atoms with van der Waals surface area (Å²) in [4.78, 5) is 44.1. The Morgan fingerprint density at radius 2 is 1.65 bits per heavy atom. The van der Waals surface area contributed by atoms with Crippen molar-refractivity contribution in [1.82, 2.24) is 20.0 Å². The number of rotatable bonds is 7. The van der Waals surface area contributed by atoms with Gasteiger partial charge in [0.05, 0.1) is 13.0 Å². The smallest absolute Gasteiger partial charge is 0.243 e. The largest absolute Gasteiger partial charge is 0.457 e. The van der Waals surface area contributed by atoms with Crippen molar-refractivity contribution in [2.24, 2.45) is 0 Å². The van der Waals surface area contributed by atoms with E-state index in [9.17, 15) is 14.4 Å². The van der Waals surface area contributed by atoms with Crippen LogP contribution in [0.15, 0.2) is 54.6 Å². The fraction of sp³-hybridized carbons (Fsp3) is 0.400. The van der Waals surface area contributed by atoms with Crippen LogP contribution in [0.2, 0.25) is 0 Å². The zero-order chi connectivity index (χ0) is 23.9. The standard InChI is InChI=1S/C25H31N5O4/c1-28-13-15-29(16-14-28)18-24(32)30-12-11-26-25(33)22(30)17-23(31)27-19-7-9-21(10-8-19)34-20-5-3-2-4-6-20/h2-10,22H,11-18H2,1H3,(H,26,33)(H,27,31)/t22-/m1/s1. The van der Waals surface area contributed by atoms with Gasteiger partial charge in [-0.3, -0.25) is 19.3 Å². The van der Waals surface area contributed by atoms with Gasteiger partial charge in [0, 0.05) is 45.0 Å². The number of hydrogen-bond donors (Lipinski definition) is 2. The number of carbonyl (C=O) groups is 3. The maximum atomic E-state index is 13.0. The third kappa shape index (κ3) is 6.33. The molecule has 0 bridgehead atoms. The Morgan fingerprint density at radius 3 is 2.35 bits per heavy atom. The summed E-state index contributed by atoms with van der Waals surface area (Å²) in [6, 6.07) is 15.6. The van der Waals surface area contributed by atoms with Crippen molar-refractivity contribution in [3.63, 3.8) is 0 Å². The van der Waals surface area contributed by atoms with Crippen LogP contribution >= 0.6 is 0 Å². The van der Waals surface area contributed by atoms with E-state index < -0.39 is 6.04 Å². The van der Waals surface area contributed by atoms with E-state index in [0.717, 1.165) is 31.9 Å². The number of anilines is 1. The van der Waals surface area contributed by atoms with Crippen molar-refractivity contribution in [3.8, 4) is 11.5 Å².